The van der Waals surface area contributed by atoms with Crippen molar-refractivity contribution in [3.8, 4) is 0 Å². The molecular weight excluding hydrogens is 225 g/mol. The van der Waals surface area contributed by atoms with Crippen molar-refractivity contribution >= 4 is 17.0 Å². The number of thiophene rings is 1. The van der Waals surface area contributed by atoms with E-state index >= 15 is 0 Å². The number of nitrogen functional groups attached to an aromatic ring is 1. The van der Waals surface area contributed by atoms with Crippen LogP contribution in [0.15, 0.2) is 35.7 Å². The Morgan fingerprint density at radius 1 is 1.25 bits per heavy atom. The minimum absolute atomic E-state index is 0.169. The van der Waals surface area contributed by atoms with Crippen molar-refractivity contribution in [3.05, 3.63) is 52.0 Å². The van der Waals surface area contributed by atoms with E-state index in [2.05, 4.69) is 0 Å². The molecule has 0 spiro atoms. The van der Waals surface area contributed by atoms with Gasteiger partial charge in [0, 0.05) is 4.88 Å². The number of hydrogen-bond donors (Lipinski definition) is 1. The van der Waals surface area contributed by atoms with E-state index in [-0.39, 0.29) is 5.69 Å². The second-order valence-corrected chi connectivity index (χ2v) is 4.46. The Kier molecular flexibility index (Phi) is 3.54. The van der Waals surface area contributed by atoms with E-state index < -0.39 is 5.82 Å². The van der Waals surface area contributed by atoms with Crippen LogP contribution >= 0.6 is 11.3 Å². The molecule has 0 aliphatic rings. The van der Waals surface area contributed by atoms with Crippen molar-refractivity contribution in [3.63, 3.8) is 0 Å². The standard InChI is InChI=1S/C12H12FNOS/c13-11-6-9(3-4-12(11)14)7-15-8-10-2-1-5-16-10/h1-6H,7-8,14H2. The van der Waals surface area contributed by atoms with Gasteiger partial charge in [-0.1, -0.05) is 12.1 Å². The maximum atomic E-state index is 13.1. The number of rotatable bonds is 4. The molecule has 16 heavy (non-hydrogen) atoms. The fourth-order valence-electron chi connectivity index (χ4n) is 1.32. The van der Waals surface area contributed by atoms with Gasteiger partial charge in [-0.05, 0) is 29.1 Å². The molecule has 1 heterocycles. The van der Waals surface area contributed by atoms with E-state index in [9.17, 15) is 4.39 Å². The van der Waals surface area contributed by atoms with Crippen LogP contribution in [0.3, 0.4) is 0 Å². The largest absolute Gasteiger partial charge is 0.396 e. The molecular formula is C12H12FNOS. The summed E-state index contributed by atoms with van der Waals surface area (Å²) in [4.78, 5) is 1.16. The minimum atomic E-state index is -0.391. The normalized spacial score (nSPS) is 10.6. The lowest BCUT2D eigenvalue weighted by molar-refractivity contribution is 0.109. The molecule has 84 valence electrons. The van der Waals surface area contributed by atoms with Gasteiger partial charge in [-0.3, -0.25) is 0 Å². The first-order valence-corrected chi connectivity index (χ1v) is 5.77. The Hall–Kier alpha value is -1.39. The first kappa shape index (κ1) is 11.1. The predicted molar refractivity (Wildman–Crippen MR) is 63.6 cm³/mol. The molecule has 0 atom stereocenters. The molecule has 0 aliphatic carbocycles. The summed E-state index contributed by atoms with van der Waals surface area (Å²) in [6.07, 6.45) is 0. The highest BCUT2D eigenvalue weighted by Crippen LogP contribution is 2.14. The van der Waals surface area contributed by atoms with Crippen LogP contribution in [-0.2, 0) is 18.0 Å². The van der Waals surface area contributed by atoms with Crippen molar-refractivity contribution in [2.75, 3.05) is 5.73 Å². The molecule has 0 fully saturated rings. The van der Waals surface area contributed by atoms with Crippen molar-refractivity contribution in [2.24, 2.45) is 0 Å². The molecule has 2 N–H and O–H groups in total. The Bertz CT molecular complexity index is 456. The smallest absolute Gasteiger partial charge is 0.146 e. The molecule has 0 amide bonds. The van der Waals surface area contributed by atoms with Gasteiger partial charge in [0.25, 0.3) is 0 Å². The SMILES string of the molecule is Nc1ccc(COCc2cccs2)cc1F. The van der Waals surface area contributed by atoms with E-state index in [0.717, 1.165) is 10.4 Å². The highest BCUT2D eigenvalue weighted by atomic mass is 32.1. The van der Waals surface area contributed by atoms with E-state index in [4.69, 9.17) is 10.5 Å². The van der Waals surface area contributed by atoms with E-state index in [0.29, 0.717) is 13.2 Å². The summed E-state index contributed by atoms with van der Waals surface area (Å²) < 4.78 is 18.6. The third-order valence-electron chi connectivity index (χ3n) is 2.16. The summed E-state index contributed by atoms with van der Waals surface area (Å²) in [6.45, 7) is 0.957. The summed E-state index contributed by atoms with van der Waals surface area (Å²) in [5.74, 6) is -0.391. The first-order chi connectivity index (χ1) is 7.75. The lowest BCUT2D eigenvalue weighted by Crippen LogP contribution is -1.96. The molecule has 2 rings (SSSR count). The molecule has 2 nitrogen and oxygen atoms in total. The fraction of sp³-hybridized carbons (Fsp3) is 0.167. The Morgan fingerprint density at radius 2 is 2.12 bits per heavy atom. The average Bonchev–Trinajstić information content (AvgIpc) is 2.76. The number of hydrogen-bond acceptors (Lipinski definition) is 3. The van der Waals surface area contributed by atoms with Gasteiger partial charge in [-0.15, -0.1) is 11.3 Å². The molecule has 1 aromatic carbocycles. The molecule has 0 bridgehead atoms. The molecule has 0 radical (unpaired) electrons. The minimum Gasteiger partial charge on any atom is -0.396 e. The second-order valence-electron chi connectivity index (χ2n) is 3.43. The average molecular weight is 237 g/mol. The Morgan fingerprint density at radius 3 is 2.81 bits per heavy atom. The second kappa shape index (κ2) is 5.09. The maximum Gasteiger partial charge on any atom is 0.146 e. The Labute approximate surface area is 97.5 Å². The number of benzene rings is 1. The lowest BCUT2D eigenvalue weighted by Gasteiger charge is -2.04. The fourth-order valence-corrected chi connectivity index (χ4v) is 1.97. The van der Waals surface area contributed by atoms with Gasteiger partial charge in [0.15, 0.2) is 0 Å². The van der Waals surface area contributed by atoms with Gasteiger partial charge >= 0.3 is 0 Å². The van der Waals surface area contributed by atoms with Crippen molar-refractivity contribution < 1.29 is 9.13 Å². The summed E-state index contributed by atoms with van der Waals surface area (Å²) in [7, 11) is 0. The van der Waals surface area contributed by atoms with Crippen LogP contribution in [-0.4, -0.2) is 0 Å². The van der Waals surface area contributed by atoms with Crippen LogP contribution in [0.1, 0.15) is 10.4 Å². The third kappa shape index (κ3) is 2.81. The predicted octanol–water partition coefficient (Wildman–Crippen LogP) is 3.19. The number of ether oxygens (including phenoxy) is 1. The highest BCUT2D eigenvalue weighted by molar-refractivity contribution is 7.09. The van der Waals surface area contributed by atoms with E-state index in [1.807, 2.05) is 17.5 Å². The summed E-state index contributed by atoms with van der Waals surface area (Å²) in [5, 5.41) is 2.00. The monoisotopic (exact) mass is 237 g/mol. The molecule has 1 aromatic heterocycles. The quantitative estimate of drug-likeness (QED) is 0.829. The van der Waals surface area contributed by atoms with Gasteiger partial charge in [-0.25, -0.2) is 4.39 Å². The molecule has 4 heteroatoms. The van der Waals surface area contributed by atoms with Gasteiger partial charge < -0.3 is 10.5 Å². The van der Waals surface area contributed by atoms with Gasteiger partial charge in [0.1, 0.15) is 5.82 Å². The van der Waals surface area contributed by atoms with E-state index in [1.54, 1.807) is 23.5 Å². The van der Waals surface area contributed by atoms with Crippen molar-refractivity contribution in [2.45, 2.75) is 13.2 Å². The zero-order valence-corrected chi connectivity index (χ0v) is 9.47. The first-order valence-electron chi connectivity index (χ1n) is 4.90. The van der Waals surface area contributed by atoms with Crippen LogP contribution in [0.5, 0.6) is 0 Å². The maximum absolute atomic E-state index is 13.1. The van der Waals surface area contributed by atoms with E-state index in [1.165, 1.54) is 6.07 Å². The number of halogens is 1. The van der Waals surface area contributed by atoms with Crippen LogP contribution in [0.25, 0.3) is 0 Å². The summed E-state index contributed by atoms with van der Waals surface area (Å²) in [6, 6.07) is 8.72. The molecule has 2 aromatic rings. The van der Waals surface area contributed by atoms with Crippen molar-refractivity contribution in [1.82, 2.24) is 0 Å². The zero-order valence-electron chi connectivity index (χ0n) is 8.65. The van der Waals surface area contributed by atoms with Gasteiger partial charge in [-0.2, -0.15) is 0 Å². The highest BCUT2D eigenvalue weighted by Gasteiger charge is 2.00. The lowest BCUT2D eigenvalue weighted by atomic mass is 10.2. The number of anilines is 1. The molecule has 0 saturated carbocycles. The van der Waals surface area contributed by atoms with Crippen molar-refractivity contribution in [1.29, 1.82) is 0 Å². The van der Waals surface area contributed by atoms with Crippen LogP contribution in [0.2, 0.25) is 0 Å². The Balaban J connectivity index is 1.87. The van der Waals surface area contributed by atoms with Crippen LogP contribution in [0, 0.1) is 5.82 Å². The zero-order chi connectivity index (χ0) is 11.4. The van der Waals surface area contributed by atoms with Crippen LogP contribution < -0.4 is 5.73 Å². The summed E-state index contributed by atoms with van der Waals surface area (Å²) >= 11 is 1.64. The number of nitrogens with two attached hydrogens (primary N) is 1. The molecule has 0 saturated heterocycles. The third-order valence-corrected chi connectivity index (χ3v) is 3.01. The molecule has 0 unspecified atom stereocenters. The van der Waals surface area contributed by atoms with Crippen LogP contribution in [0.4, 0.5) is 10.1 Å². The molecule has 0 aliphatic heterocycles. The van der Waals surface area contributed by atoms with Gasteiger partial charge in [0.2, 0.25) is 0 Å². The summed E-state index contributed by atoms with van der Waals surface area (Å²) in [5.41, 5.74) is 6.34. The van der Waals surface area contributed by atoms with Gasteiger partial charge in [0.05, 0.1) is 18.9 Å². The topological polar surface area (TPSA) is 35.2 Å².